The lowest BCUT2D eigenvalue weighted by molar-refractivity contribution is 0.0682. The molecule has 0 aliphatic rings. The molecule has 0 atom stereocenters. The summed E-state index contributed by atoms with van der Waals surface area (Å²) in [6, 6.07) is 1.32. The Labute approximate surface area is 106 Å². The SMILES string of the molecule is CCCCOCCOc1ncc(N)cc1C(=O)O. The first kappa shape index (κ1) is 14.2. The van der Waals surface area contributed by atoms with Gasteiger partial charge in [0.1, 0.15) is 12.2 Å². The first-order valence-corrected chi connectivity index (χ1v) is 5.84. The van der Waals surface area contributed by atoms with Gasteiger partial charge in [-0.2, -0.15) is 0 Å². The molecule has 1 heterocycles. The topological polar surface area (TPSA) is 94.7 Å². The molecule has 6 nitrogen and oxygen atoms in total. The first-order valence-electron chi connectivity index (χ1n) is 5.84. The van der Waals surface area contributed by atoms with E-state index in [-0.39, 0.29) is 18.1 Å². The molecule has 0 radical (unpaired) electrons. The number of unbranched alkanes of at least 4 members (excludes halogenated alkanes) is 1. The Morgan fingerprint density at radius 1 is 1.44 bits per heavy atom. The summed E-state index contributed by atoms with van der Waals surface area (Å²) in [5.74, 6) is -1.05. The van der Waals surface area contributed by atoms with Crippen molar-refractivity contribution in [2.75, 3.05) is 25.6 Å². The van der Waals surface area contributed by atoms with Crippen LogP contribution in [0.4, 0.5) is 5.69 Å². The Hall–Kier alpha value is -1.82. The van der Waals surface area contributed by atoms with Gasteiger partial charge in [0.15, 0.2) is 0 Å². The van der Waals surface area contributed by atoms with Crippen LogP contribution in [-0.2, 0) is 4.74 Å². The standard InChI is InChI=1S/C12H18N2O4/c1-2-3-4-17-5-6-18-11-10(12(15)16)7-9(13)8-14-11/h7-8H,2-6,13H2,1H3,(H,15,16). The summed E-state index contributed by atoms with van der Waals surface area (Å²) in [6.45, 7) is 3.43. The van der Waals surface area contributed by atoms with Gasteiger partial charge in [-0.05, 0) is 12.5 Å². The van der Waals surface area contributed by atoms with Crippen LogP contribution in [0.2, 0.25) is 0 Å². The average Bonchev–Trinajstić information content (AvgIpc) is 2.35. The molecule has 0 amide bonds. The van der Waals surface area contributed by atoms with Crippen LogP contribution >= 0.6 is 0 Å². The van der Waals surface area contributed by atoms with Crippen molar-refractivity contribution in [3.63, 3.8) is 0 Å². The third-order valence-corrected chi connectivity index (χ3v) is 2.21. The quantitative estimate of drug-likeness (QED) is 0.683. The van der Waals surface area contributed by atoms with Crippen LogP contribution in [0.25, 0.3) is 0 Å². The summed E-state index contributed by atoms with van der Waals surface area (Å²) >= 11 is 0. The number of carbonyl (C=O) groups is 1. The molecule has 6 heteroatoms. The molecular weight excluding hydrogens is 236 g/mol. The highest BCUT2D eigenvalue weighted by Crippen LogP contribution is 2.17. The number of aromatic carboxylic acids is 1. The van der Waals surface area contributed by atoms with Gasteiger partial charge < -0.3 is 20.3 Å². The van der Waals surface area contributed by atoms with Gasteiger partial charge in [-0.3, -0.25) is 0 Å². The smallest absolute Gasteiger partial charge is 0.341 e. The fourth-order valence-corrected chi connectivity index (χ4v) is 1.28. The van der Waals surface area contributed by atoms with Crippen molar-refractivity contribution in [2.24, 2.45) is 0 Å². The van der Waals surface area contributed by atoms with Crippen LogP contribution in [0.1, 0.15) is 30.1 Å². The van der Waals surface area contributed by atoms with Gasteiger partial charge in [0.2, 0.25) is 5.88 Å². The van der Waals surface area contributed by atoms with E-state index in [0.29, 0.717) is 18.9 Å². The van der Waals surface area contributed by atoms with Crippen molar-refractivity contribution < 1.29 is 19.4 Å². The molecule has 0 saturated carbocycles. The number of hydrogen-bond acceptors (Lipinski definition) is 5. The Morgan fingerprint density at radius 3 is 2.89 bits per heavy atom. The number of pyridine rings is 1. The second kappa shape index (κ2) is 7.50. The summed E-state index contributed by atoms with van der Waals surface area (Å²) in [4.78, 5) is 14.8. The van der Waals surface area contributed by atoms with E-state index in [1.54, 1.807) is 0 Å². The van der Waals surface area contributed by atoms with Gasteiger partial charge in [-0.25, -0.2) is 9.78 Å². The fraction of sp³-hybridized carbons (Fsp3) is 0.500. The number of carboxylic acid groups (broad SMARTS) is 1. The Morgan fingerprint density at radius 2 is 2.22 bits per heavy atom. The molecule has 0 aliphatic carbocycles. The van der Waals surface area contributed by atoms with E-state index in [1.807, 2.05) is 0 Å². The van der Waals surface area contributed by atoms with Crippen LogP contribution < -0.4 is 10.5 Å². The molecular formula is C12H18N2O4. The normalized spacial score (nSPS) is 10.3. The average molecular weight is 254 g/mol. The Kier molecular flexibility index (Phi) is 5.93. The number of nitrogens with zero attached hydrogens (tertiary/aromatic N) is 1. The number of carboxylic acids is 1. The van der Waals surface area contributed by atoms with Crippen molar-refractivity contribution >= 4 is 11.7 Å². The van der Waals surface area contributed by atoms with Crippen molar-refractivity contribution in [3.8, 4) is 5.88 Å². The highest BCUT2D eigenvalue weighted by atomic mass is 16.5. The third kappa shape index (κ3) is 4.58. The van der Waals surface area contributed by atoms with Crippen molar-refractivity contribution in [2.45, 2.75) is 19.8 Å². The molecule has 3 N–H and O–H groups in total. The molecule has 0 aromatic carbocycles. The first-order chi connectivity index (χ1) is 8.65. The van der Waals surface area contributed by atoms with Gasteiger partial charge in [0, 0.05) is 6.61 Å². The Bertz CT molecular complexity index is 396. The molecule has 0 unspecified atom stereocenters. The number of rotatable bonds is 8. The second-order valence-corrected chi connectivity index (χ2v) is 3.74. The number of aromatic nitrogens is 1. The molecule has 0 bridgehead atoms. The van der Waals surface area contributed by atoms with E-state index in [1.165, 1.54) is 12.3 Å². The molecule has 0 aliphatic heterocycles. The lowest BCUT2D eigenvalue weighted by Gasteiger charge is -2.08. The molecule has 18 heavy (non-hydrogen) atoms. The highest BCUT2D eigenvalue weighted by molar-refractivity contribution is 5.91. The monoisotopic (exact) mass is 254 g/mol. The van der Waals surface area contributed by atoms with Crippen molar-refractivity contribution in [3.05, 3.63) is 17.8 Å². The fourth-order valence-electron chi connectivity index (χ4n) is 1.28. The summed E-state index contributed by atoms with van der Waals surface area (Å²) in [7, 11) is 0. The molecule has 1 rings (SSSR count). The van der Waals surface area contributed by atoms with Crippen molar-refractivity contribution in [1.82, 2.24) is 4.98 Å². The predicted molar refractivity (Wildman–Crippen MR) is 66.8 cm³/mol. The minimum absolute atomic E-state index is 0.0384. The van der Waals surface area contributed by atoms with E-state index in [9.17, 15) is 4.79 Å². The number of nitrogen functional groups attached to an aromatic ring is 1. The van der Waals surface area contributed by atoms with E-state index in [4.69, 9.17) is 20.3 Å². The van der Waals surface area contributed by atoms with Gasteiger partial charge in [-0.15, -0.1) is 0 Å². The lowest BCUT2D eigenvalue weighted by Crippen LogP contribution is -2.11. The van der Waals surface area contributed by atoms with E-state index < -0.39 is 5.97 Å². The van der Waals surface area contributed by atoms with Gasteiger partial charge >= 0.3 is 5.97 Å². The summed E-state index contributed by atoms with van der Waals surface area (Å²) in [6.07, 6.45) is 3.43. The van der Waals surface area contributed by atoms with Crippen LogP contribution in [0.15, 0.2) is 12.3 Å². The number of anilines is 1. The van der Waals surface area contributed by atoms with Gasteiger partial charge in [0.25, 0.3) is 0 Å². The molecule has 0 spiro atoms. The second-order valence-electron chi connectivity index (χ2n) is 3.74. The number of ether oxygens (including phenoxy) is 2. The highest BCUT2D eigenvalue weighted by Gasteiger charge is 2.13. The zero-order valence-corrected chi connectivity index (χ0v) is 10.4. The van der Waals surface area contributed by atoms with Crippen LogP contribution in [-0.4, -0.2) is 35.9 Å². The maximum absolute atomic E-state index is 10.9. The van der Waals surface area contributed by atoms with Gasteiger partial charge in [0.05, 0.1) is 18.5 Å². The molecule has 0 saturated heterocycles. The minimum Gasteiger partial charge on any atom is -0.477 e. The molecule has 1 aromatic heterocycles. The minimum atomic E-state index is -1.11. The summed E-state index contributed by atoms with van der Waals surface area (Å²) in [5, 5.41) is 8.96. The molecule has 100 valence electrons. The van der Waals surface area contributed by atoms with E-state index in [2.05, 4.69) is 11.9 Å². The predicted octanol–water partition coefficient (Wildman–Crippen LogP) is 1.56. The largest absolute Gasteiger partial charge is 0.477 e. The number of nitrogens with two attached hydrogens (primary N) is 1. The van der Waals surface area contributed by atoms with Crippen LogP contribution in [0, 0.1) is 0 Å². The molecule has 0 fully saturated rings. The van der Waals surface area contributed by atoms with Crippen LogP contribution in [0.5, 0.6) is 5.88 Å². The maximum atomic E-state index is 10.9. The zero-order valence-electron chi connectivity index (χ0n) is 10.4. The third-order valence-electron chi connectivity index (χ3n) is 2.21. The van der Waals surface area contributed by atoms with Crippen molar-refractivity contribution in [1.29, 1.82) is 0 Å². The lowest BCUT2D eigenvalue weighted by atomic mass is 10.2. The van der Waals surface area contributed by atoms with Crippen LogP contribution in [0.3, 0.4) is 0 Å². The number of hydrogen-bond donors (Lipinski definition) is 2. The maximum Gasteiger partial charge on any atom is 0.341 e. The zero-order chi connectivity index (χ0) is 13.4. The Balaban J connectivity index is 2.44. The van der Waals surface area contributed by atoms with Gasteiger partial charge in [-0.1, -0.05) is 13.3 Å². The summed E-state index contributed by atoms with van der Waals surface area (Å²) < 4.78 is 10.6. The molecule has 1 aromatic rings. The van der Waals surface area contributed by atoms with E-state index >= 15 is 0 Å². The summed E-state index contributed by atoms with van der Waals surface area (Å²) in [5.41, 5.74) is 5.72. The van der Waals surface area contributed by atoms with E-state index in [0.717, 1.165) is 12.8 Å².